The monoisotopic (exact) mass is 305 g/mol. The lowest BCUT2D eigenvalue weighted by Crippen LogP contribution is -2.07. The first-order valence-corrected chi connectivity index (χ1v) is 6.10. The Balaban J connectivity index is 0.000000154. The van der Waals surface area contributed by atoms with E-state index in [9.17, 15) is 4.79 Å². The number of H-pyrrole nitrogens is 2. The van der Waals surface area contributed by atoms with Crippen molar-refractivity contribution in [3.8, 4) is 5.75 Å². The Morgan fingerprint density at radius 2 is 1.95 bits per heavy atom. The molecule has 9 heteroatoms. The number of nitrogens with zero attached hydrogens (tertiary/aromatic N) is 2. The Bertz CT molecular complexity index is 814. The van der Waals surface area contributed by atoms with Gasteiger partial charge in [0.05, 0.1) is 12.7 Å². The van der Waals surface area contributed by atoms with Crippen LogP contribution >= 0.6 is 12.2 Å². The molecule has 2 heterocycles. The van der Waals surface area contributed by atoms with Gasteiger partial charge in [0.2, 0.25) is 0 Å². The molecule has 0 radical (unpaired) electrons. The molecule has 2 aromatic heterocycles. The second-order valence-corrected chi connectivity index (χ2v) is 4.14. The molecule has 0 saturated heterocycles. The molecule has 108 valence electrons. The molecule has 0 aliphatic carbocycles. The highest BCUT2D eigenvalue weighted by Gasteiger charge is 2.08. The number of aromatic nitrogens is 4. The van der Waals surface area contributed by atoms with Crippen molar-refractivity contribution in [3.05, 3.63) is 47.1 Å². The maximum Gasteiger partial charge on any atom is 0.339 e. The standard InChI is InChI=1S/C7H7NO3.C5H4N4S/c8-11-6-4-2-1-3-5(6)7(9)10;10-5-3-4(7-1-6-3)8-2-9-5/h1-4H,8H2,(H,9,10);1-2H,(H2,6,7,8,9,10). The van der Waals surface area contributed by atoms with Crippen LogP contribution in [-0.4, -0.2) is 31.0 Å². The molecule has 8 nitrogen and oxygen atoms in total. The lowest BCUT2D eigenvalue weighted by atomic mass is 10.2. The molecule has 0 spiro atoms. The van der Waals surface area contributed by atoms with Gasteiger partial charge in [-0.1, -0.05) is 24.4 Å². The van der Waals surface area contributed by atoms with Crippen molar-refractivity contribution >= 4 is 29.4 Å². The summed E-state index contributed by atoms with van der Waals surface area (Å²) in [7, 11) is 0. The van der Waals surface area contributed by atoms with Crippen molar-refractivity contribution in [1.82, 2.24) is 19.9 Å². The second kappa shape index (κ2) is 6.59. The van der Waals surface area contributed by atoms with E-state index in [0.29, 0.717) is 4.64 Å². The Kier molecular flexibility index (Phi) is 4.59. The average Bonchev–Trinajstić information content (AvgIpc) is 2.98. The number of aromatic amines is 2. The maximum atomic E-state index is 10.4. The SMILES string of the molecule is NOc1ccccc1C(=O)O.S=c1nc[nH]c2nc[nH]c12. The van der Waals surface area contributed by atoms with Crippen molar-refractivity contribution in [2.75, 3.05) is 0 Å². The number of para-hydroxylation sites is 1. The zero-order valence-electron chi connectivity index (χ0n) is 10.6. The third-order valence-corrected chi connectivity index (χ3v) is 2.79. The first kappa shape index (κ1) is 14.6. The smallest absolute Gasteiger partial charge is 0.339 e. The summed E-state index contributed by atoms with van der Waals surface area (Å²) in [5, 5.41) is 8.56. The molecule has 5 N–H and O–H groups in total. The van der Waals surface area contributed by atoms with Crippen LogP contribution in [0.3, 0.4) is 0 Å². The molecule has 0 atom stereocenters. The summed E-state index contributed by atoms with van der Waals surface area (Å²) in [5.41, 5.74) is 1.60. The molecular weight excluding hydrogens is 294 g/mol. The molecule has 0 saturated carbocycles. The van der Waals surface area contributed by atoms with E-state index in [1.165, 1.54) is 18.5 Å². The summed E-state index contributed by atoms with van der Waals surface area (Å²) in [5.74, 6) is 3.94. The lowest BCUT2D eigenvalue weighted by molar-refractivity contribution is 0.0692. The largest absolute Gasteiger partial charge is 0.478 e. The van der Waals surface area contributed by atoms with Crippen LogP contribution < -0.4 is 10.7 Å². The number of benzene rings is 1. The van der Waals surface area contributed by atoms with Crippen LogP contribution in [0.1, 0.15) is 10.4 Å². The van der Waals surface area contributed by atoms with Gasteiger partial charge in [-0.25, -0.2) is 14.8 Å². The van der Waals surface area contributed by atoms with Crippen LogP contribution in [-0.2, 0) is 0 Å². The first-order valence-electron chi connectivity index (χ1n) is 5.69. The first-order chi connectivity index (χ1) is 10.1. The van der Waals surface area contributed by atoms with Crippen molar-refractivity contribution in [3.63, 3.8) is 0 Å². The van der Waals surface area contributed by atoms with E-state index in [2.05, 4.69) is 24.8 Å². The minimum absolute atomic E-state index is 0.0648. The number of rotatable bonds is 2. The molecule has 1 aromatic carbocycles. The zero-order chi connectivity index (χ0) is 15.2. The number of hydrogen-bond donors (Lipinski definition) is 4. The fraction of sp³-hybridized carbons (Fsp3) is 0. The van der Waals surface area contributed by atoms with Gasteiger partial charge in [0, 0.05) is 0 Å². The van der Waals surface area contributed by atoms with Crippen molar-refractivity contribution < 1.29 is 14.7 Å². The molecule has 0 aliphatic heterocycles. The Hall–Kier alpha value is -2.78. The van der Waals surface area contributed by atoms with Crippen LogP contribution in [0.2, 0.25) is 0 Å². The van der Waals surface area contributed by atoms with E-state index < -0.39 is 5.97 Å². The number of imidazole rings is 1. The minimum Gasteiger partial charge on any atom is -0.478 e. The Morgan fingerprint density at radius 3 is 2.57 bits per heavy atom. The Morgan fingerprint density at radius 1 is 1.24 bits per heavy atom. The lowest BCUT2D eigenvalue weighted by Gasteiger charge is -2.00. The van der Waals surface area contributed by atoms with Crippen LogP contribution in [0.15, 0.2) is 36.9 Å². The topological polar surface area (TPSA) is 130 Å². The summed E-state index contributed by atoms with van der Waals surface area (Å²) in [6.07, 6.45) is 3.12. The predicted octanol–water partition coefficient (Wildman–Crippen LogP) is 1.65. The quantitative estimate of drug-likeness (QED) is 0.418. The van der Waals surface area contributed by atoms with E-state index in [1.807, 2.05) is 0 Å². The van der Waals surface area contributed by atoms with E-state index >= 15 is 0 Å². The highest BCUT2D eigenvalue weighted by Crippen LogP contribution is 2.15. The zero-order valence-corrected chi connectivity index (χ0v) is 11.4. The number of carbonyl (C=O) groups is 1. The van der Waals surface area contributed by atoms with Crippen LogP contribution in [0.5, 0.6) is 5.75 Å². The second-order valence-electron chi connectivity index (χ2n) is 3.75. The third kappa shape index (κ3) is 3.41. The summed E-state index contributed by atoms with van der Waals surface area (Å²) in [6.45, 7) is 0. The van der Waals surface area contributed by atoms with E-state index in [4.69, 9.17) is 23.2 Å². The molecule has 3 aromatic rings. The van der Waals surface area contributed by atoms with Crippen LogP contribution in [0, 0.1) is 4.64 Å². The number of nitrogens with one attached hydrogen (secondary N) is 2. The summed E-state index contributed by atoms with van der Waals surface area (Å²) >= 11 is 4.91. The molecule has 0 fully saturated rings. The van der Waals surface area contributed by atoms with Gasteiger partial charge in [-0.2, -0.15) is 5.90 Å². The van der Waals surface area contributed by atoms with Gasteiger partial charge in [0.1, 0.15) is 11.1 Å². The number of fused-ring (bicyclic) bond motifs is 1. The van der Waals surface area contributed by atoms with Gasteiger partial charge in [0.15, 0.2) is 16.0 Å². The molecule has 0 bridgehead atoms. The normalized spacial score (nSPS) is 9.76. The molecule has 0 aliphatic rings. The van der Waals surface area contributed by atoms with Gasteiger partial charge in [-0.15, -0.1) is 0 Å². The van der Waals surface area contributed by atoms with Gasteiger partial charge >= 0.3 is 5.97 Å². The number of carboxylic acid groups (broad SMARTS) is 1. The molecular formula is C12H11N5O3S. The third-order valence-electron chi connectivity index (χ3n) is 2.48. The van der Waals surface area contributed by atoms with Crippen molar-refractivity contribution in [1.29, 1.82) is 0 Å². The van der Waals surface area contributed by atoms with Crippen LogP contribution in [0.25, 0.3) is 11.2 Å². The predicted molar refractivity (Wildman–Crippen MR) is 77.3 cm³/mol. The summed E-state index contributed by atoms with van der Waals surface area (Å²) in [4.78, 5) is 28.3. The number of carboxylic acids is 1. The number of aromatic carboxylic acids is 1. The Labute approximate surface area is 123 Å². The number of hydrogen-bond acceptors (Lipinski definition) is 6. The van der Waals surface area contributed by atoms with Gasteiger partial charge in [-0.3, -0.25) is 0 Å². The fourth-order valence-electron chi connectivity index (χ4n) is 1.53. The molecule has 0 amide bonds. The van der Waals surface area contributed by atoms with Crippen molar-refractivity contribution in [2.24, 2.45) is 5.90 Å². The highest BCUT2D eigenvalue weighted by molar-refractivity contribution is 7.71. The summed E-state index contributed by atoms with van der Waals surface area (Å²) < 4.78 is 0.547. The van der Waals surface area contributed by atoms with E-state index in [0.717, 1.165) is 11.2 Å². The maximum absolute atomic E-state index is 10.4. The van der Waals surface area contributed by atoms with Crippen LogP contribution in [0.4, 0.5) is 0 Å². The van der Waals surface area contributed by atoms with Crippen molar-refractivity contribution in [2.45, 2.75) is 0 Å². The van der Waals surface area contributed by atoms with E-state index in [1.54, 1.807) is 18.5 Å². The molecule has 0 unspecified atom stereocenters. The fourth-order valence-corrected chi connectivity index (χ4v) is 1.74. The van der Waals surface area contributed by atoms with E-state index in [-0.39, 0.29) is 11.3 Å². The van der Waals surface area contributed by atoms with Gasteiger partial charge in [0.25, 0.3) is 0 Å². The minimum atomic E-state index is -1.05. The summed E-state index contributed by atoms with van der Waals surface area (Å²) in [6, 6.07) is 6.16. The number of nitrogens with two attached hydrogens (primary N) is 1. The van der Waals surface area contributed by atoms with Gasteiger partial charge < -0.3 is 19.9 Å². The van der Waals surface area contributed by atoms with Gasteiger partial charge in [-0.05, 0) is 12.1 Å². The molecule has 3 rings (SSSR count). The molecule has 21 heavy (non-hydrogen) atoms. The highest BCUT2D eigenvalue weighted by atomic mass is 32.1. The average molecular weight is 305 g/mol.